The van der Waals surface area contributed by atoms with Crippen LogP contribution in [0.2, 0.25) is 0 Å². The number of aryl methyl sites for hydroxylation is 2. The van der Waals surface area contributed by atoms with Crippen molar-refractivity contribution in [2.24, 2.45) is 5.92 Å². The smallest absolute Gasteiger partial charge is 0.261 e. The van der Waals surface area contributed by atoms with E-state index in [0.717, 1.165) is 49.8 Å². The van der Waals surface area contributed by atoms with Crippen molar-refractivity contribution in [3.63, 3.8) is 0 Å². The lowest BCUT2D eigenvalue weighted by Gasteiger charge is -2.29. The Morgan fingerprint density at radius 2 is 2.05 bits per heavy atom. The molecule has 2 aliphatic rings. The number of fused-ring (bicyclic) bond motifs is 1. The zero-order valence-corrected chi connectivity index (χ0v) is 12.0. The van der Waals surface area contributed by atoms with Gasteiger partial charge in [-0.1, -0.05) is 19.8 Å². The Balaban J connectivity index is 1.79. The van der Waals surface area contributed by atoms with Crippen LogP contribution in [0.1, 0.15) is 60.6 Å². The average Bonchev–Trinajstić information content (AvgIpc) is 2.87. The number of pyridine rings is 1. The number of amides is 1. The number of H-pyrrole nitrogens is 1. The molecular formula is C16H22N2O2. The number of carbonyl (C=O) groups excluding carboxylic acids is 1. The Kier molecular flexibility index (Phi) is 3.64. The summed E-state index contributed by atoms with van der Waals surface area (Å²) in [5.74, 6) is 0.293. The fraction of sp³-hybridized carbons (Fsp3) is 0.625. The lowest BCUT2D eigenvalue weighted by molar-refractivity contribution is 0.0908. The highest BCUT2D eigenvalue weighted by molar-refractivity contribution is 5.94. The zero-order chi connectivity index (χ0) is 14.1. The molecule has 2 atom stereocenters. The zero-order valence-electron chi connectivity index (χ0n) is 12.0. The minimum atomic E-state index is -0.244. The predicted molar refractivity (Wildman–Crippen MR) is 78.0 cm³/mol. The normalized spacial score (nSPS) is 25.2. The van der Waals surface area contributed by atoms with E-state index >= 15 is 0 Å². The first-order valence-electron chi connectivity index (χ1n) is 7.71. The van der Waals surface area contributed by atoms with Crippen molar-refractivity contribution in [1.82, 2.24) is 10.3 Å². The first kappa shape index (κ1) is 13.4. The quantitative estimate of drug-likeness (QED) is 0.868. The minimum Gasteiger partial charge on any atom is -0.349 e. The van der Waals surface area contributed by atoms with Gasteiger partial charge >= 0.3 is 0 Å². The van der Waals surface area contributed by atoms with Crippen LogP contribution in [0, 0.1) is 5.92 Å². The van der Waals surface area contributed by atoms with Gasteiger partial charge in [-0.3, -0.25) is 9.59 Å². The van der Waals surface area contributed by atoms with E-state index in [0.29, 0.717) is 5.92 Å². The maximum Gasteiger partial charge on any atom is 0.261 e. The van der Waals surface area contributed by atoms with E-state index in [1.165, 1.54) is 6.42 Å². The summed E-state index contributed by atoms with van der Waals surface area (Å²) in [5, 5.41) is 3.06. The second-order valence-electron chi connectivity index (χ2n) is 6.21. The van der Waals surface area contributed by atoms with E-state index in [1.54, 1.807) is 6.07 Å². The average molecular weight is 274 g/mol. The van der Waals surface area contributed by atoms with Gasteiger partial charge in [0.05, 0.1) is 0 Å². The lowest BCUT2D eigenvalue weighted by atomic mass is 9.86. The molecule has 0 spiro atoms. The minimum absolute atomic E-state index is 0.209. The van der Waals surface area contributed by atoms with Crippen LogP contribution < -0.4 is 10.9 Å². The van der Waals surface area contributed by atoms with E-state index < -0.39 is 0 Å². The highest BCUT2D eigenvalue weighted by atomic mass is 16.2. The number of nitrogens with one attached hydrogen (secondary N) is 2. The van der Waals surface area contributed by atoms with Gasteiger partial charge in [0.15, 0.2) is 0 Å². The number of hydrogen-bond donors (Lipinski definition) is 2. The van der Waals surface area contributed by atoms with Gasteiger partial charge in [-0.05, 0) is 49.7 Å². The number of hydrogen-bond acceptors (Lipinski definition) is 2. The Hall–Kier alpha value is -1.58. The van der Waals surface area contributed by atoms with Gasteiger partial charge < -0.3 is 10.3 Å². The highest BCUT2D eigenvalue weighted by Crippen LogP contribution is 2.24. The van der Waals surface area contributed by atoms with Crippen LogP contribution in [-0.4, -0.2) is 16.9 Å². The second-order valence-corrected chi connectivity index (χ2v) is 6.21. The molecule has 1 saturated carbocycles. The van der Waals surface area contributed by atoms with Crippen molar-refractivity contribution in [1.29, 1.82) is 0 Å². The third kappa shape index (κ3) is 2.51. The molecule has 1 fully saturated rings. The van der Waals surface area contributed by atoms with Crippen LogP contribution in [-0.2, 0) is 12.8 Å². The van der Waals surface area contributed by atoms with Crippen LogP contribution in [0.15, 0.2) is 10.9 Å². The van der Waals surface area contributed by atoms with E-state index in [1.807, 2.05) is 0 Å². The molecule has 4 heteroatoms. The third-order valence-corrected chi connectivity index (χ3v) is 4.76. The standard InChI is InChI=1S/C16H22N2O2/c1-10-5-2-3-7-13(10)17-15(19)12-9-11-6-4-8-14(11)18-16(12)20/h9-10,13H,2-8H2,1H3,(H,17,19)(H,18,20). The molecule has 3 rings (SSSR count). The molecule has 0 radical (unpaired) electrons. The fourth-order valence-corrected chi connectivity index (χ4v) is 3.46. The van der Waals surface area contributed by atoms with Gasteiger partial charge in [-0.15, -0.1) is 0 Å². The van der Waals surface area contributed by atoms with Crippen molar-refractivity contribution in [3.8, 4) is 0 Å². The topological polar surface area (TPSA) is 62.0 Å². The molecule has 1 amide bonds. The Labute approximate surface area is 119 Å². The van der Waals surface area contributed by atoms with Crippen LogP contribution in [0.4, 0.5) is 0 Å². The molecule has 0 aliphatic heterocycles. The van der Waals surface area contributed by atoms with Crippen molar-refractivity contribution >= 4 is 5.91 Å². The Bertz CT molecular complexity index is 576. The summed E-state index contributed by atoms with van der Waals surface area (Å²) in [6, 6.07) is 2.01. The molecule has 2 aliphatic carbocycles. The van der Waals surface area contributed by atoms with E-state index in [4.69, 9.17) is 0 Å². The lowest BCUT2D eigenvalue weighted by Crippen LogP contribution is -2.42. The van der Waals surface area contributed by atoms with Gasteiger partial charge in [-0.25, -0.2) is 0 Å². The SMILES string of the molecule is CC1CCCCC1NC(=O)c1cc2c([nH]c1=O)CCC2. The van der Waals surface area contributed by atoms with Gasteiger partial charge in [0.25, 0.3) is 11.5 Å². The Morgan fingerprint density at radius 3 is 2.85 bits per heavy atom. The van der Waals surface area contributed by atoms with Gasteiger partial charge in [0.2, 0.25) is 0 Å². The number of aromatic amines is 1. The molecule has 108 valence electrons. The molecule has 1 aromatic rings. The molecular weight excluding hydrogens is 252 g/mol. The molecule has 0 aromatic carbocycles. The van der Waals surface area contributed by atoms with Crippen molar-refractivity contribution < 1.29 is 4.79 Å². The van der Waals surface area contributed by atoms with Crippen LogP contribution >= 0.6 is 0 Å². The molecule has 1 aromatic heterocycles. The second kappa shape index (κ2) is 5.43. The molecule has 1 heterocycles. The predicted octanol–water partition coefficient (Wildman–Crippen LogP) is 2.17. The van der Waals surface area contributed by atoms with Crippen LogP contribution in [0.3, 0.4) is 0 Å². The summed E-state index contributed by atoms with van der Waals surface area (Å²) in [5.41, 5.74) is 2.18. The van der Waals surface area contributed by atoms with E-state index in [2.05, 4.69) is 17.2 Å². The number of aromatic nitrogens is 1. The third-order valence-electron chi connectivity index (χ3n) is 4.76. The van der Waals surface area contributed by atoms with Gasteiger partial charge in [0.1, 0.15) is 5.56 Å². The van der Waals surface area contributed by atoms with Crippen molar-refractivity contribution in [2.45, 2.75) is 57.9 Å². The highest BCUT2D eigenvalue weighted by Gasteiger charge is 2.25. The van der Waals surface area contributed by atoms with Crippen molar-refractivity contribution in [2.75, 3.05) is 0 Å². The monoisotopic (exact) mass is 274 g/mol. The number of rotatable bonds is 2. The summed E-state index contributed by atoms with van der Waals surface area (Å²) in [7, 11) is 0. The largest absolute Gasteiger partial charge is 0.349 e. The summed E-state index contributed by atoms with van der Waals surface area (Å²) in [6.07, 6.45) is 7.54. The molecule has 20 heavy (non-hydrogen) atoms. The summed E-state index contributed by atoms with van der Waals surface area (Å²) in [6.45, 7) is 2.18. The molecule has 2 N–H and O–H groups in total. The number of carbonyl (C=O) groups is 1. The molecule has 2 unspecified atom stereocenters. The van der Waals surface area contributed by atoms with Crippen LogP contribution in [0.25, 0.3) is 0 Å². The summed E-state index contributed by atoms with van der Waals surface area (Å²) < 4.78 is 0. The first-order valence-corrected chi connectivity index (χ1v) is 7.71. The maximum absolute atomic E-state index is 12.3. The molecule has 0 bridgehead atoms. The van der Waals surface area contributed by atoms with Crippen LogP contribution in [0.5, 0.6) is 0 Å². The first-order chi connectivity index (χ1) is 9.65. The van der Waals surface area contributed by atoms with Gasteiger partial charge in [0, 0.05) is 11.7 Å². The molecule has 4 nitrogen and oxygen atoms in total. The van der Waals surface area contributed by atoms with E-state index in [9.17, 15) is 9.59 Å². The Morgan fingerprint density at radius 1 is 1.25 bits per heavy atom. The van der Waals surface area contributed by atoms with Gasteiger partial charge in [-0.2, -0.15) is 0 Å². The molecule has 0 saturated heterocycles. The maximum atomic E-state index is 12.3. The van der Waals surface area contributed by atoms with E-state index in [-0.39, 0.29) is 23.1 Å². The summed E-state index contributed by atoms with van der Waals surface area (Å²) in [4.78, 5) is 27.2. The fourth-order valence-electron chi connectivity index (χ4n) is 3.46. The summed E-state index contributed by atoms with van der Waals surface area (Å²) >= 11 is 0. The van der Waals surface area contributed by atoms with Crippen molar-refractivity contribution in [3.05, 3.63) is 33.2 Å².